The van der Waals surface area contributed by atoms with Gasteiger partial charge in [-0.2, -0.15) is 0 Å². The fourth-order valence-electron chi connectivity index (χ4n) is 1.88. The minimum absolute atomic E-state index is 0. The number of nitrogens with zero attached hydrogens (tertiary/aromatic N) is 2. The molecule has 0 aromatic rings. The molecular formula is C11H28Cl2N2O3. The summed E-state index contributed by atoms with van der Waals surface area (Å²) >= 11 is 0. The van der Waals surface area contributed by atoms with Crippen LogP contribution in [-0.2, 0) is 0 Å². The molecule has 0 aliphatic carbocycles. The Morgan fingerprint density at radius 3 is 1.50 bits per heavy atom. The highest BCUT2D eigenvalue weighted by atomic mass is 35.5. The Morgan fingerprint density at radius 2 is 1.22 bits per heavy atom. The highest BCUT2D eigenvalue weighted by Gasteiger charge is 2.31. The van der Waals surface area contributed by atoms with Gasteiger partial charge in [0, 0.05) is 0 Å². The summed E-state index contributed by atoms with van der Waals surface area (Å²) in [6.45, 7) is 1.05. The maximum atomic E-state index is 9.97. The van der Waals surface area contributed by atoms with Crippen molar-refractivity contribution in [1.82, 2.24) is 0 Å². The fraction of sp³-hybridized carbons (Fsp3) is 1.00. The van der Waals surface area contributed by atoms with Crippen molar-refractivity contribution in [2.45, 2.75) is 12.1 Å². The number of hydrogen-bond donors (Lipinski definition) is 3. The van der Waals surface area contributed by atoms with Gasteiger partial charge < -0.3 is 49.1 Å². The zero-order chi connectivity index (χ0) is 13.0. The standard InChI is InChI=1S/C11H28N2O3.2ClH/c1-12(2,3)6-11(16)7-13(4,5)10(8-14)9-15;;/h10-11,14-16H,6-9H2,1-5H3;2*1H/q+2;;/p-2. The van der Waals surface area contributed by atoms with Crippen LogP contribution < -0.4 is 24.8 Å². The van der Waals surface area contributed by atoms with Crippen LogP contribution in [0, 0.1) is 0 Å². The molecule has 0 saturated heterocycles. The zero-order valence-electron chi connectivity index (χ0n) is 12.0. The largest absolute Gasteiger partial charge is 1.00 e. The number of likely N-dealkylation sites (N-methyl/N-ethyl adjacent to an activating group) is 2. The number of aliphatic hydroxyl groups excluding tert-OH is 3. The predicted octanol–water partition coefficient (Wildman–Crippen LogP) is -7.51. The van der Waals surface area contributed by atoms with Gasteiger partial charge in [0.25, 0.3) is 0 Å². The van der Waals surface area contributed by atoms with E-state index in [0.29, 0.717) is 22.1 Å². The second-order valence-corrected chi connectivity index (χ2v) is 6.11. The van der Waals surface area contributed by atoms with Crippen molar-refractivity contribution in [2.24, 2.45) is 0 Å². The molecule has 114 valence electrons. The zero-order valence-corrected chi connectivity index (χ0v) is 13.5. The van der Waals surface area contributed by atoms with Crippen molar-refractivity contribution in [1.29, 1.82) is 0 Å². The molecule has 0 radical (unpaired) electrons. The van der Waals surface area contributed by atoms with Crippen LogP contribution in [0.15, 0.2) is 0 Å². The van der Waals surface area contributed by atoms with E-state index in [2.05, 4.69) is 0 Å². The molecule has 3 N–H and O–H groups in total. The Bertz CT molecular complexity index is 207. The number of quaternary nitrogens is 2. The van der Waals surface area contributed by atoms with Gasteiger partial charge in [0.05, 0.1) is 48.5 Å². The first-order chi connectivity index (χ1) is 7.12. The molecule has 0 aliphatic heterocycles. The minimum Gasteiger partial charge on any atom is -1.00 e. The van der Waals surface area contributed by atoms with E-state index in [9.17, 15) is 5.11 Å². The summed E-state index contributed by atoms with van der Waals surface area (Å²) in [4.78, 5) is 0. The molecule has 1 unspecified atom stereocenters. The molecule has 0 rings (SSSR count). The van der Waals surface area contributed by atoms with Gasteiger partial charge in [0.15, 0.2) is 6.10 Å². The molecule has 0 bridgehead atoms. The lowest BCUT2D eigenvalue weighted by molar-refractivity contribution is -0.926. The summed E-state index contributed by atoms with van der Waals surface area (Å²) in [5.74, 6) is 0. The SMILES string of the molecule is C[N+](C)(C)CC(O)C[N+](C)(C)C(CO)CO.[Cl-].[Cl-]. The van der Waals surface area contributed by atoms with Gasteiger partial charge in [-0.25, -0.2) is 0 Å². The van der Waals surface area contributed by atoms with E-state index in [0.717, 1.165) is 0 Å². The van der Waals surface area contributed by atoms with Crippen molar-refractivity contribution in [3.8, 4) is 0 Å². The van der Waals surface area contributed by atoms with E-state index in [4.69, 9.17) is 10.2 Å². The molecule has 5 nitrogen and oxygen atoms in total. The average molecular weight is 307 g/mol. The maximum absolute atomic E-state index is 9.97. The van der Waals surface area contributed by atoms with E-state index in [1.54, 1.807) is 0 Å². The van der Waals surface area contributed by atoms with Gasteiger partial charge in [-0.05, 0) is 0 Å². The minimum atomic E-state index is -0.435. The summed E-state index contributed by atoms with van der Waals surface area (Å²) in [6, 6.07) is -0.234. The van der Waals surface area contributed by atoms with Crippen molar-refractivity contribution in [2.75, 3.05) is 61.5 Å². The Balaban J connectivity index is -0.00000112. The van der Waals surface area contributed by atoms with Crippen LogP contribution in [-0.4, -0.2) is 98.0 Å². The number of halogens is 2. The summed E-state index contributed by atoms with van der Waals surface area (Å²) in [5.41, 5.74) is 0. The molecule has 1 atom stereocenters. The van der Waals surface area contributed by atoms with Gasteiger partial charge >= 0.3 is 0 Å². The quantitative estimate of drug-likeness (QED) is 0.410. The third-order valence-corrected chi connectivity index (χ3v) is 2.85. The van der Waals surface area contributed by atoms with Crippen molar-refractivity contribution < 1.29 is 49.1 Å². The normalized spacial score (nSPS) is 13.8. The van der Waals surface area contributed by atoms with Crippen LogP contribution in [0.5, 0.6) is 0 Å². The van der Waals surface area contributed by atoms with E-state index in [-0.39, 0.29) is 44.1 Å². The van der Waals surface area contributed by atoms with E-state index >= 15 is 0 Å². The van der Waals surface area contributed by atoms with Gasteiger partial charge in [-0.3, -0.25) is 0 Å². The van der Waals surface area contributed by atoms with Gasteiger partial charge in [0.1, 0.15) is 19.1 Å². The predicted molar refractivity (Wildman–Crippen MR) is 63.8 cm³/mol. The Morgan fingerprint density at radius 1 is 0.833 bits per heavy atom. The fourth-order valence-corrected chi connectivity index (χ4v) is 1.88. The average Bonchev–Trinajstić information content (AvgIpc) is 1.99. The first kappa shape index (κ1) is 23.5. The van der Waals surface area contributed by atoms with E-state index < -0.39 is 6.10 Å². The molecule has 0 aromatic heterocycles. The van der Waals surface area contributed by atoms with Crippen LogP contribution >= 0.6 is 0 Å². The molecule has 0 saturated carbocycles. The molecule has 0 amide bonds. The van der Waals surface area contributed by atoms with E-state index in [1.807, 2.05) is 35.2 Å². The van der Waals surface area contributed by atoms with Gasteiger partial charge in [-0.15, -0.1) is 0 Å². The summed E-state index contributed by atoms with van der Waals surface area (Å²) < 4.78 is 1.12. The maximum Gasteiger partial charge on any atom is 0.152 e. The monoisotopic (exact) mass is 306 g/mol. The van der Waals surface area contributed by atoms with Crippen LogP contribution in [0.3, 0.4) is 0 Å². The third kappa shape index (κ3) is 9.33. The van der Waals surface area contributed by atoms with Crippen molar-refractivity contribution in [3.63, 3.8) is 0 Å². The second kappa shape index (κ2) is 9.31. The summed E-state index contributed by atoms with van der Waals surface area (Å²) in [7, 11) is 9.91. The number of hydrogen-bond acceptors (Lipinski definition) is 3. The summed E-state index contributed by atoms with van der Waals surface area (Å²) in [6.07, 6.45) is -0.435. The molecule has 0 fully saturated rings. The lowest BCUT2D eigenvalue weighted by Gasteiger charge is -2.38. The molecule has 7 heteroatoms. The van der Waals surface area contributed by atoms with Crippen LogP contribution in [0.4, 0.5) is 0 Å². The smallest absolute Gasteiger partial charge is 0.152 e. The van der Waals surface area contributed by atoms with Crippen LogP contribution in [0.1, 0.15) is 0 Å². The van der Waals surface area contributed by atoms with Crippen LogP contribution in [0.2, 0.25) is 0 Å². The van der Waals surface area contributed by atoms with E-state index in [1.165, 1.54) is 0 Å². The van der Waals surface area contributed by atoms with Crippen molar-refractivity contribution in [3.05, 3.63) is 0 Å². The molecule has 0 aliphatic rings. The first-order valence-corrected chi connectivity index (χ1v) is 5.65. The molecule has 0 spiro atoms. The number of aliphatic hydroxyl groups is 3. The second-order valence-electron chi connectivity index (χ2n) is 6.11. The van der Waals surface area contributed by atoms with Crippen molar-refractivity contribution >= 4 is 0 Å². The third-order valence-electron chi connectivity index (χ3n) is 2.85. The Labute approximate surface area is 123 Å². The lowest BCUT2D eigenvalue weighted by Crippen LogP contribution is -3.00. The van der Waals surface area contributed by atoms with Crippen LogP contribution in [0.25, 0.3) is 0 Å². The van der Waals surface area contributed by atoms with Gasteiger partial charge in [-0.1, -0.05) is 0 Å². The Hall–Kier alpha value is 0.380. The molecular weight excluding hydrogens is 279 g/mol. The molecule has 18 heavy (non-hydrogen) atoms. The summed E-state index contributed by atoms with van der Waals surface area (Å²) in [5, 5.41) is 28.3. The molecule has 0 heterocycles. The van der Waals surface area contributed by atoms with Gasteiger partial charge in [0.2, 0.25) is 0 Å². The Kier molecular flexibility index (Phi) is 12.1. The first-order valence-electron chi connectivity index (χ1n) is 5.65. The topological polar surface area (TPSA) is 60.7 Å². The molecule has 0 aromatic carbocycles. The number of rotatable bonds is 7. The lowest BCUT2D eigenvalue weighted by atomic mass is 10.2. The highest BCUT2D eigenvalue weighted by molar-refractivity contribution is 4.58. The highest BCUT2D eigenvalue weighted by Crippen LogP contribution is 2.09.